The maximum atomic E-state index is 12.6. The summed E-state index contributed by atoms with van der Waals surface area (Å²) >= 11 is 3.25. The van der Waals surface area contributed by atoms with Crippen LogP contribution >= 0.6 is 15.9 Å². The molecule has 0 saturated heterocycles. The summed E-state index contributed by atoms with van der Waals surface area (Å²) in [5.41, 5.74) is 6.25. The zero-order valence-electron chi connectivity index (χ0n) is 27.9. The van der Waals surface area contributed by atoms with Crippen LogP contribution in [0.1, 0.15) is 16.8 Å². The van der Waals surface area contributed by atoms with Crippen LogP contribution in [0.3, 0.4) is 0 Å². The maximum Gasteiger partial charge on any atom is 0.416 e. The number of H-pyrrole nitrogens is 2. The number of aromatic nitrogens is 4. The van der Waals surface area contributed by atoms with Crippen molar-refractivity contribution in [3.05, 3.63) is 107 Å². The first-order chi connectivity index (χ1) is 24.8. The van der Waals surface area contributed by atoms with Gasteiger partial charge in [0.2, 0.25) is 0 Å². The lowest BCUT2D eigenvalue weighted by molar-refractivity contribution is -0.138. The third kappa shape index (κ3) is 10.6. The largest absolute Gasteiger partial charge is 0.416 e. The van der Waals surface area contributed by atoms with Crippen LogP contribution in [0.25, 0.3) is 22.1 Å². The molecule has 0 atom stereocenters. The molecule has 0 unspecified atom stereocenters. The Morgan fingerprint density at radius 1 is 0.642 bits per heavy atom. The van der Waals surface area contributed by atoms with Gasteiger partial charge >= 0.3 is 24.4 Å². The van der Waals surface area contributed by atoms with Crippen LogP contribution in [0.5, 0.6) is 0 Å². The lowest BCUT2D eigenvalue weighted by Gasteiger charge is -2.09. The summed E-state index contributed by atoms with van der Waals surface area (Å²) < 4.78 is 76.0. The fourth-order valence-electron chi connectivity index (χ4n) is 4.54. The van der Waals surface area contributed by atoms with Gasteiger partial charge in [-0.2, -0.15) is 26.3 Å². The van der Waals surface area contributed by atoms with Crippen molar-refractivity contribution in [1.29, 1.82) is 0 Å². The summed E-state index contributed by atoms with van der Waals surface area (Å²) in [6.45, 7) is 6.40. The van der Waals surface area contributed by atoms with Crippen LogP contribution < -0.4 is 21.3 Å². The SMILES string of the molecule is C[Si](C)(C)C#Cc1ccc2[nH]cc(NC(=O)Nc3ccc(C(F)(F)F)cc3)c2n1.O=C(Nc1ccc(C(F)(F)F)cc1)Nc1c[nH]c2ccc(Br)nc12. The van der Waals surface area contributed by atoms with E-state index in [0.717, 1.165) is 35.3 Å². The number of benzene rings is 2. The van der Waals surface area contributed by atoms with Crippen LogP contribution in [0, 0.1) is 11.5 Å². The predicted octanol–water partition coefficient (Wildman–Crippen LogP) is 10.4. The number of urea groups is 2. The van der Waals surface area contributed by atoms with Crippen molar-refractivity contribution in [1.82, 2.24) is 19.9 Å². The minimum Gasteiger partial charge on any atom is -0.358 e. The highest BCUT2D eigenvalue weighted by Gasteiger charge is 2.31. The number of hydrogen-bond acceptors (Lipinski definition) is 4. The van der Waals surface area contributed by atoms with E-state index in [1.165, 1.54) is 24.3 Å². The Kier molecular flexibility index (Phi) is 11.2. The van der Waals surface area contributed by atoms with Gasteiger partial charge in [-0.05, 0) is 88.7 Å². The van der Waals surface area contributed by atoms with Crippen LogP contribution in [0.4, 0.5) is 58.7 Å². The highest BCUT2D eigenvalue weighted by molar-refractivity contribution is 9.10. The van der Waals surface area contributed by atoms with Crippen LogP contribution in [0.15, 0.2) is 89.8 Å². The molecule has 0 aliphatic heterocycles. The Bertz CT molecular complexity index is 2320. The van der Waals surface area contributed by atoms with E-state index >= 15 is 0 Å². The van der Waals surface area contributed by atoms with E-state index in [2.05, 4.69) is 88.2 Å². The summed E-state index contributed by atoms with van der Waals surface area (Å²) in [7, 11) is -1.55. The van der Waals surface area contributed by atoms with E-state index in [9.17, 15) is 35.9 Å². The number of anilines is 4. The van der Waals surface area contributed by atoms with Gasteiger partial charge in [0.1, 0.15) is 29.4 Å². The third-order valence-electron chi connectivity index (χ3n) is 7.01. The molecule has 274 valence electrons. The smallest absolute Gasteiger partial charge is 0.358 e. The quantitative estimate of drug-likeness (QED) is 0.0456. The minimum absolute atomic E-state index is 0.241. The Balaban J connectivity index is 0.000000208. The first-order valence-electron chi connectivity index (χ1n) is 15.5. The topological polar surface area (TPSA) is 140 Å². The van der Waals surface area contributed by atoms with Gasteiger partial charge < -0.3 is 31.2 Å². The lowest BCUT2D eigenvalue weighted by Crippen LogP contribution is -2.19. The number of nitrogens with zero attached hydrogens (tertiary/aromatic N) is 2. The molecule has 53 heavy (non-hydrogen) atoms. The second kappa shape index (κ2) is 15.4. The molecule has 0 aliphatic carbocycles. The van der Waals surface area contributed by atoms with E-state index < -0.39 is 43.6 Å². The predicted molar refractivity (Wildman–Crippen MR) is 198 cm³/mol. The Hall–Kier alpha value is -5.80. The molecule has 6 rings (SSSR count). The van der Waals surface area contributed by atoms with Gasteiger partial charge in [0, 0.05) is 23.8 Å². The summed E-state index contributed by atoms with van der Waals surface area (Å²) in [6.07, 6.45) is -5.66. The van der Waals surface area contributed by atoms with Crippen molar-refractivity contribution >= 4 is 80.9 Å². The van der Waals surface area contributed by atoms with Gasteiger partial charge in [-0.3, -0.25) is 0 Å². The zero-order chi connectivity index (χ0) is 38.6. The molecule has 0 radical (unpaired) electrons. The molecular weight excluding hydrogens is 786 g/mol. The number of pyridine rings is 2. The molecule has 2 aromatic carbocycles. The van der Waals surface area contributed by atoms with Crippen LogP contribution in [-0.4, -0.2) is 40.1 Å². The van der Waals surface area contributed by atoms with Crippen molar-refractivity contribution in [2.24, 2.45) is 0 Å². The van der Waals surface area contributed by atoms with Crippen LogP contribution in [0.2, 0.25) is 19.6 Å². The van der Waals surface area contributed by atoms with Gasteiger partial charge in [0.15, 0.2) is 0 Å². The molecule has 0 saturated carbocycles. The van der Waals surface area contributed by atoms with E-state index in [0.29, 0.717) is 32.7 Å². The summed E-state index contributed by atoms with van der Waals surface area (Å²) in [4.78, 5) is 38.9. The molecule has 4 heterocycles. The standard InChI is InChI=1S/C20H19F3N4OSi.C15H10BrF3N4O/c1-29(2,3)11-10-15-8-9-16-18(25-15)17(12-24-16)27-19(28)26-14-6-4-13(5-7-14)20(21,22)23;16-12-6-5-10-13(23-12)11(7-20-10)22-14(24)21-9-3-1-8(2-4-9)15(17,18)19/h4-9,12,24H,1-3H3,(H2,26,27,28);1-7,20H,(H2,21,22,24). The molecule has 18 heteroatoms. The summed E-state index contributed by atoms with van der Waals surface area (Å²) in [6, 6.07) is 14.4. The number of aromatic amines is 2. The maximum absolute atomic E-state index is 12.6. The second-order valence-corrected chi connectivity index (χ2v) is 17.9. The van der Waals surface area contributed by atoms with E-state index in [4.69, 9.17) is 0 Å². The number of carbonyl (C=O) groups is 2. The van der Waals surface area contributed by atoms with Crippen molar-refractivity contribution in [3.8, 4) is 11.5 Å². The Morgan fingerprint density at radius 3 is 1.51 bits per heavy atom. The molecule has 0 aliphatic rings. The molecule has 0 spiro atoms. The number of amides is 4. The molecule has 4 aromatic heterocycles. The minimum atomic E-state index is -4.42. The van der Waals surface area contributed by atoms with E-state index in [-0.39, 0.29) is 11.4 Å². The molecule has 0 bridgehead atoms. The van der Waals surface area contributed by atoms with Gasteiger partial charge in [-0.25, -0.2) is 19.6 Å². The first-order valence-corrected chi connectivity index (χ1v) is 19.8. The fraction of sp³-hybridized carbons (Fsp3) is 0.143. The average molecular weight is 816 g/mol. The number of halogens is 7. The number of nitrogens with one attached hydrogen (secondary N) is 6. The zero-order valence-corrected chi connectivity index (χ0v) is 30.5. The van der Waals surface area contributed by atoms with Gasteiger partial charge in [-0.15, -0.1) is 5.54 Å². The van der Waals surface area contributed by atoms with Crippen molar-refractivity contribution in [2.45, 2.75) is 32.0 Å². The van der Waals surface area contributed by atoms with Gasteiger partial charge in [0.05, 0.1) is 33.5 Å². The fourth-order valence-corrected chi connectivity index (χ4v) is 5.35. The Morgan fingerprint density at radius 2 is 1.08 bits per heavy atom. The summed E-state index contributed by atoms with van der Waals surface area (Å²) in [5, 5.41) is 10.2. The Labute approximate surface area is 307 Å². The van der Waals surface area contributed by atoms with E-state index in [1.807, 2.05) is 6.07 Å². The average Bonchev–Trinajstić information content (AvgIpc) is 3.66. The highest BCUT2D eigenvalue weighted by Crippen LogP contribution is 2.31. The monoisotopic (exact) mass is 814 g/mol. The lowest BCUT2D eigenvalue weighted by atomic mass is 10.2. The molecule has 6 N–H and O–H groups in total. The van der Waals surface area contributed by atoms with Gasteiger partial charge in [0.25, 0.3) is 0 Å². The number of carbonyl (C=O) groups excluding carboxylic acids is 2. The second-order valence-electron chi connectivity index (χ2n) is 12.3. The molecular formula is C35H29BrF6N8O2Si. The number of alkyl halides is 6. The highest BCUT2D eigenvalue weighted by atomic mass is 79.9. The van der Waals surface area contributed by atoms with Crippen LogP contribution in [-0.2, 0) is 12.4 Å². The molecule has 0 fully saturated rings. The molecule has 6 aromatic rings. The first kappa shape index (κ1) is 38.4. The molecule has 4 amide bonds. The third-order valence-corrected chi connectivity index (χ3v) is 8.33. The molecule has 10 nitrogen and oxygen atoms in total. The summed E-state index contributed by atoms with van der Waals surface area (Å²) in [5.74, 6) is 3.07. The number of rotatable bonds is 4. The van der Waals surface area contributed by atoms with Gasteiger partial charge in [-0.1, -0.05) is 25.6 Å². The number of hydrogen-bond donors (Lipinski definition) is 6. The van der Waals surface area contributed by atoms with E-state index in [1.54, 1.807) is 30.6 Å². The van der Waals surface area contributed by atoms with Crippen molar-refractivity contribution in [3.63, 3.8) is 0 Å². The number of fused-ring (bicyclic) bond motifs is 2. The van der Waals surface area contributed by atoms with Crippen molar-refractivity contribution < 1.29 is 35.9 Å². The van der Waals surface area contributed by atoms with Crippen molar-refractivity contribution in [2.75, 3.05) is 21.3 Å². The normalized spacial score (nSPS) is 11.6.